The molecule has 0 radical (unpaired) electrons. The zero-order valence-electron chi connectivity index (χ0n) is 16.1. The number of carbonyl (C=O) groups excluding carboxylic acids is 2. The van der Waals surface area contributed by atoms with Crippen molar-refractivity contribution in [2.45, 2.75) is 66.0 Å². The van der Waals surface area contributed by atoms with Gasteiger partial charge in [-0.3, -0.25) is 9.59 Å². The number of rotatable bonds is 10. The van der Waals surface area contributed by atoms with Crippen molar-refractivity contribution < 1.29 is 19.1 Å². The Hall–Kier alpha value is -1.10. The third kappa shape index (κ3) is 6.13. The average Bonchev–Trinajstić information content (AvgIpc) is 2.53. The fraction of sp³-hybridized carbons (Fsp3) is 0.889. The predicted octanol–water partition coefficient (Wildman–Crippen LogP) is 3.12. The Kier molecular flexibility index (Phi) is 10.1. The first kappa shape index (κ1) is 21.9. The van der Waals surface area contributed by atoms with E-state index < -0.39 is 0 Å². The van der Waals surface area contributed by atoms with E-state index in [1.165, 1.54) is 7.11 Å². The van der Waals surface area contributed by atoms with Crippen LogP contribution in [0.3, 0.4) is 0 Å². The lowest BCUT2D eigenvalue weighted by Gasteiger charge is -2.39. The highest BCUT2D eigenvalue weighted by molar-refractivity contribution is 5.79. The summed E-state index contributed by atoms with van der Waals surface area (Å²) >= 11 is 0. The molecular formula is C18H35NO4. The highest BCUT2D eigenvalue weighted by atomic mass is 16.5. The summed E-state index contributed by atoms with van der Waals surface area (Å²) in [5.41, 5.74) is 0. The SMILES string of the molecule is CC[C@H](C(=O)N(C)[C@@H]([C@@H](C)CC)[C@@H](CC(=O)OC)OC)C(C)C. The number of ether oxygens (including phenoxy) is 2. The Morgan fingerprint density at radius 1 is 1.04 bits per heavy atom. The summed E-state index contributed by atoms with van der Waals surface area (Å²) in [6.07, 6.45) is 1.50. The normalized spacial score (nSPS) is 16.6. The van der Waals surface area contributed by atoms with Gasteiger partial charge >= 0.3 is 5.97 Å². The first-order valence-electron chi connectivity index (χ1n) is 8.61. The van der Waals surface area contributed by atoms with E-state index in [2.05, 4.69) is 27.7 Å². The van der Waals surface area contributed by atoms with Crippen molar-refractivity contribution in [3.8, 4) is 0 Å². The summed E-state index contributed by atoms with van der Waals surface area (Å²) < 4.78 is 10.3. The topological polar surface area (TPSA) is 55.8 Å². The minimum absolute atomic E-state index is 0.0119. The smallest absolute Gasteiger partial charge is 0.308 e. The Bertz CT molecular complexity index is 370. The largest absolute Gasteiger partial charge is 0.469 e. The molecule has 5 heteroatoms. The molecule has 0 spiro atoms. The maximum absolute atomic E-state index is 12.9. The molecule has 0 aliphatic heterocycles. The van der Waals surface area contributed by atoms with Crippen LogP contribution in [0.2, 0.25) is 0 Å². The number of likely N-dealkylation sites (N-methyl/N-ethyl adjacent to an activating group) is 1. The monoisotopic (exact) mass is 329 g/mol. The van der Waals surface area contributed by atoms with Gasteiger partial charge in [-0.05, 0) is 18.3 Å². The van der Waals surface area contributed by atoms with Gasteiger partial charge in [-0.2, -0.15) is 0 Å². The van der Waals surface area contributed by atoms with Crippen LogP contribution in [0.5, 0.6) is 0 Å². The molecule has 0 aromatic carbocycles. The van der Waals surface area contributed by atoms with Gasteiger partial charge in [0.25, 0.3) is 0 Å². The summed E-state index contributed by atoms with van der Waals surface area (Å²) in [7, 11) is 4.78. The van der Waals surface area contributed by atoms with Gasteiger partial charge < -0.3 is 14.4 Å². The summed E-state index contributed by atoms with van der Waals surface area (Å²) in [5.74, 6) is 0.307. The number of carbonyl (C=O) groups is 2. The Labute approximate surface area is 141 Å². The summed E-state index contributed by atoms with van der Waals surface area (Å²) in [6, 6.07) is -0.149. The minimum atomic E-state index is -0.365. The number of amides is 1. The molecule has 4 atom stereocenters. The lowest BCUT2D eigenvalue weighted by atomic mass is 9.87. The summed E-state index contributed by atoms with van der Waals surface area (Å²) in [4.78, 5) is 26.4. The van der Waals surface area contributed by atoms with Crippen LogP contribution in [0.4, 0.5) is 0 Å². The second kappa shape index (κ2) is 10.6. The van der Waals surface area contributed by atoms with Crippen LogP contribution < -0.4 is 0 Å². The van der Waals surface area contributed by atoms with Crippen LogP contribution in [0.1, 0.15) is 53.9 Å². The molecule has 0 unspecified atom stereocenters. The number of hydrogen-bond donors (Lipinski definition) is 0. The number of esters is 1. The van der Waals surface area contributed by atoms with Gasteiger partial charge in [0, 0.05) is 20.1 Å². The van der Waals surface area contributed by atoms with Crippen LogP contribution in [0.15, 0.2) is 0 Å². The highest BCUT2D eigenvalue weighted by Crippen LogP contribution is 2.26. The van der Waals surface area contributed by atoms with Crippen molar-refractivity contribution in [3.63, 3.8) is 0 Å². The molecule has 136 valence electrons. The summed E-state index contributed by atoms with van der Waals surface area (Å²) in [5, 5.41) is 0. The van der Waals surface area contributed by atoms with Gasteiger partial charge in [-0.15, -0.1) is 0 Å². The fourth-order valence-corrected chi connectivity index (χ4v) is 3.17. The van der Waals surface area contributed by atoms with Crippen LogP contribution in [0, 0.1) is 17.8 Å². The lowest BCUT2D eigenvalue weighted by Crippen LogP contribution is -2.52. The van der Waals surface area contributed by atoms with Crippen LogP contribution in [0.25, 0.3) is 0 Å². The zero-order chi connectivity index (χ0) is 18.2. The quantitative estimate of drug-likeness (QED) is 0.578. The molecule has 0 rings (SSSR count). The van der Waals surface area contributed by atoms with E-state index in [1.54, 1.807) is 12.0 Å². The van der Waals surface area contributed by atoms with Crippen molar-refractivity contribution in [2.24, 2.45) is 17.8 Å². The van der Waals surface area contributed by atoms with Crippen LogP contribution in [-0.4, -0.2) is 50.2 Å². The fourth-order valence-electron chi connectivity index (χ4n) is 3.17. The molecule has 1 amide bonds. The van der Waals surface area contributed by atoms with Gasteiger partial charge in [0.2, 0.25) is 5.91 Å². The Morgan fingerprint density at radius 3 is 1.96 bits per heavy atom. The van der Waals surface area contributed by atoms with E-state index in [4.69, 9.17) is 9.47 Å². The molecule has 0 bridgehead atoms. The van der Waals surface area contributed by atoms with E-state index in [1.807, 2.05) is 14.0 Å². The minimum Gasteiger partial charge on any atom is -0.469 e. The maximum atomic E-state index is 12.9. The third-order valence-electron chi connectivity index (χ3n) is 4.86. The molecular weight excluding hydrogens is 294 g/mol. The molecule has 0 heterocycles. The highest BCUT2D eigenvalue weighted by Gasteiger charge is 2.36. The van der Waals surface area contributed by atoms with Gasteiger partial charge in [0.15, 0.2) is 0 Å². The maximum Gasteiger partial charge on any atom is 0.308 e. The summed E-state index contributed by atoms with van der Waals surface area (Å²) in [6.45, 7) is 10.4. The van der Waals surface area contributed by atoms with Crippen molar-refractivity contribution in [3.05, 3.63) is 0 Å². The van der Waals surface area contributed by atoms with E-state index in [9.17, 15) is 9.59 Å². The van der Waals surface area contributed by atoms with Crippen molar-refractivity contribution >= 4 is 11.9 Å². The zero-order valence-corrected chi connectivity index (χ0v) is 16.1. The van der Waals surface area contributed by atoms with Crippen molar-refractivity contribution in [1.82, 2.24) is 4.90 Å². The molecule has 5 nitrogen and oxygen atoms in total. The predicted molar refractivity (Wildman–Crippen MR) is 92.1 cm³/mol. The molecule has 0 saturated heterocycles. The van der Waals surface area contributed by atoms with Gasteiger partial charge in [-0.1, -0.05) is 41.0 Å². The molecule has 0 aliphatic rings. The molecule has 0 N–H and O–H groups in total. The lowest BCUT2D eigenvalue weighted by molar-refractivity contribution is -0.150. The van der Waals surface area contributed by atoms with Crippen LogP contribution >= 0.6 is 0 Å². The number of hydrogen-bond acceptors (Lipinski definition) is 4. The van der Waals surface area contributed by atoms with Gasteiger partial charge in [0.1, 0.15) is 0 Å². The standard InChI is InChI=1S/C18H35NO4/c1-9-13(5)17(15(22-7)11-16(20)23-8)19(6)18(21)14(10-2)12(3)4/h12-15,17H,9-11H2,1-8H3/t13-,14-,15+,17-/m0/s1. The van der Waals surface area contributed by atoms with Crippen molar-refractivity contribution in [1.29, 1.82) is 0 Å². The second-order valence-corrected chi connectivity index (χ2v) is 6.64. The number of methoxy groups -OCH3 is 2. The Balaban J connectivity index is 5.43. The molecule has 23 heavy (non-hydrogen) atoms. The van der Waals surface area contributed by atoms with Gasteiger partial charge in [0.05, 0.1) is 25.7 Å². The first-order chi connectivity index (χ1) is 10.7. The number of nitrogens with zero attached hydrogens (tertiary/aromatic N) is 1. The molecule has 0 aromatic rings. The molecule has 0 saturated carbocycles. The molecule has 0 aliphatic carbocycles. The molecule has 0 aromatic heterocycles. The first-order valence-corrected chi connectivity index (χ1v) is 8.61. The molecule has 0 fully saturated rings. The van der Waals surface area contributed by atoms with E-state index in [0.29, 0.717) is 0 Å². The Morgan fingerprint density at radius 2 is 1.61 bits per heavy atom. The third-order valence-corrected chi connectivity index (χ3v) is 4.86. The van der Waals surface area contributed by atoms with Crippen LogP contribution in [-0.2, 0) is 19.1 Å². The van der Waals surface area contributed by atoms with Gasteiger partial charge in [-0.25, -0.2) is 0 Å². The van der Waals surface area contributed by atoms with E-state index in [0.717, 1.165) is 12.8 Å². The second-order valence-electron chi connectivity index (χ2n) is 6.64. The average molecular weight is 329 g/mol. The van der Waals surface area contributed by atoms with E-state index >= 15 is 0 Å². The van der Waals surface area contributed by atoms with E-state index in [-0.39, 0.29) is 48.2 Å². The van der Waals surface area contributed by atoms with Crippen molar-refractivity contribution in [2.75, 3.05) is 21.3 Å².